The number of allylic oxidation sites excluding steroid dienone is 6. The van der Waals surface area contributed by atoms with E-state index >= 15 is 0 Å². The molecule has 0 amide bonds. The van der Waals surface area contributed by atoms with Crippen molar-refractivity contribution in [2.24, 2.45) is 0 Å². The first-order valence-electron chi connectivity index (χ1n) is 11.1. The van der Waals surface area contributed by atoms with Crippen LogP contribution in [-0.4, -0.2) is 4.57 Å². The highest BCUT2D eigenvalue weighted by atomic mass is 32.1. The van der Waals surface area contributed by atoms with Gasteiger partial charge in [0.05, 0.1) is 46.1 Å². The van der Waals surface area contributed by atoms with Crippen LogP contribution in [0.5, 0.6) is 0 Å². The maximum Gasteiger partial charge on any atom is 0.261 e. The summed E-state index contributed by atoms with van der Waals surface area (Å²) >= 11 is 1.62. The second kappa shape index (κ2) is 11.0. The lowest BCUT2D eigenvalue weighted by Gasteiger charge is -2.12. The number of fused-ring (bicyclic) bond motifs is 1. The Morgan fingerprint density at radius 1 is 0.919 bits per heavy atom. The van der Waals surface area contributed by atoms with Crippen LogP contribution in [0.2, 0.25) is 0 Å². The highest BCUT2D eigenvalue weighted by molar-refractivity contribution is 7.22. The first kappa shape index (κ1) is 24.8. The number of aromatic nitrogens is 1. The largest absolute Gasteiger partial charge is 0.456 e. The van der Waals surface area contributed by atoms with Crippen molar-refractivity contribution in [2.45, 2.75) is 19.9 Å². The molecule has 0 aliphatic carbocycles. The topological polar surface area (TPSA) is 87.5 Å². The number of thiophene rings is 1. The second-order valence-corrected chi connectivity index (χ2v) is 9.11. The Labute approximate surface area is 218 Å². The van der Waals surface area contributed by atoms with Gasteiger partial charge in [-0.15, -0.1) is 11.3 Å². The summed E-state index contributed by atoms with van der Waals surface area (Å²) in [4.78, 5) is 7.24. The number of nitrogens with zero attached hydrogens (tertiary/aromatic N) is 5. The third-order valence-electron chi connectivity index (χ3n) is 5.29. The summed E-state index contributed by atoms with van der Waals surface area (Å²) in [5.74, 6) is 2.71. The molecule has 0 atom stereocenters. The van der Waals surface area contributed by atoms with Gasteiger partial charge in [0.1, 0.15) is 17.3 Å². The lowest BCUT2D eigenvalue weighted by Crippen LogP contribution is -2.01. The molecule has 178 valence electrons. The summed E-state index contributed by atoms with van der Waals surface area (Å²) in [6.45, 7) is 18.1. The molecule has 0 bridgehead atoms. The van der Waals surface area contributed by atoms with E-state index in [2.05, 4.69) is 40.2 Å². The molecule has 4 aromatic rings. The first-order chi connectivity index (χ1) is 18.0. The Balaban J connectivity index is 1.62. The smallest absolute Gasteiger partial charge is 0.261 e. The third-order valence-corrected chi connectivity index (χ3v) is 6.38. The molecule has 0 aromatic carbocycles. The van der Waals surface area contributed by atoms with E-state index in [0.717, 1.165) is 32.3 Å². The summed E-state index contributed by atoms with van der Waals surface area (Å²) in [6, 6.07) is 15.5. The fourth-order valence-corrected chi connectivity index (χ4v) is 4.75. The third kappa shape index (κ3) is 5.37. The van der Waals surface area contributed by atoms with Crippen molar-refractivity contribution in [1.82, 2.24) is 4.57 Å². The van der Waals surface area contributed by atoms with E-state index in [9.17, 15) is 0 Å². The first-order valence-corrected chi connectivity index (χ1v) is 12.0. The van der Waals surface area contributed by atoms with E-state index in [1.165, 1.54) is 12.2 Å². The second-order valence-electron chi connectivity index (χ2n) is 8.03. The van der Waals surface area contributed by atoms with E-state index in [4.69, 9.17) is 32.5 Å². The Kier molecular flexibility index (Phi) is 7.37. The zero-order valence-corrected chi connectivity index (χ0v) is 20.8. The fourth-order valence-electron chi connectivity index (χ4n) is 3.70. The van der Waals surface area contributed by atoms with Gasteiger partial charge in [-0.2, -0.15) is 0 Å². The minimum absolute atomic E-state index is 0.0116. The summed E-state index contributed by atoms with van der Waals surface area (Å²) in [6.07, 6.45) is 9.59. The van der Waals surface area contributed by atoms with Crippen molar-refractivity contribution >= 4 is 33.7 Å². The van der Waals surface area contributed by atoms with Gasteiger partial charge < -0.3 is 13.4 Å². The van der Waals surface area contributed by atoms with Crippen molar-refractivity contribution in [3.05, 3.63) is 106 Å². The van der Waals surface area contributed by atoms with Gasteiger partial charge in [0.15, 0.2) is 5.76 Å². The van der Waals surface area contributed by atoms with Crippen molar-refractivity contribution < 1.29 is 8.83 Å². The number of furan rings is 2. The normalized spacial score (nSPS) is 12.3. The minimum Gasteiger partial charge on any atom is -0.456 e. The fraction of sp³-hybridized carbons (Fsp3) is 0.103. The van der Waals surface area contributed by atoms with Crippen molar-refractivity contribution in [1.29, 1.82) is 10.5 Å². The van der Waals surface area contributed by atoms with Crippen LogP contribution in [0.1, 0.15) is 31.4 Å². The molecule has 0 saturated carbocycles. The highest BCUT2D eigenvalue weighted by Gasteiger charge is 2.19. The minimum atomic E-state index is 0.0116. The van der Waals surface area contributed by atoms with Gasteiger partial charge in [-0.3, -0.25) is 0 Å². The molecule has 4 rings (SSSR count). The molecule has 0 fully saturated rings. The van der Waals surface area contributed by atoms with Crippen LogP contribution in [0, 0.1) is 35.8 Å². The molecule has 4 aromatic heterocycles. The molecule has 0 spiro atoms. The van der Waals surface area contributed by atoms with E-state index in [0.29, 0.717) is 11.5 Å². The number of hydrogen-bond donors (Lipinski definition) is 0. The Bertz CT molecular complexity index is 1720. The van der Waals surface area contributed by atoms with Crippen LogP contribution in [0.4, 0.5) is 0 Å². The number of nitriles is 2. The summed E-state index contributed by atoms with van der Waals surface area (Å²) < 4.78 is 15.3. The van der Waals surface area contributed by atoms with Gasteiger partial charge in [-0.1, -0.05) is 12.2 Å². The van der Waals surface area contributed by atoms with Crippen LogP contribution < -0.4 is 0 Å². The maximum atomic E-state index is 8.85. The molecule has 0 aliphatic heterocycles. The van der Waals surface area contributed by atoms with Gasteiger partial charge in [-0.25, -0.2) is 20.2 Å². The maximum absolute atomic E-state index is 8.85. The van der Waals surface area contributed by atoms with Crippen LogP contribution in [0.3, 0.4) is 0 Å². The van der Waals surface area contributed by atoms with Gasteiger partial charge in [0, 0.05) is 6.04 Å². The summed E-state index contributed by atoms with van der Waals surface area (Å²) in [5, 5.41) is 17.7. The molecule has 37 heavy (non-hydrogen) atoms. The molecule has 0 aliphatic rings. The standard InChI is InChI=1S/C29H19N5O2S/c1-19(2)34-24(26-13-11-22(35-26)9-5-7-20(17-30)32-3)15-28-25(34)16-29(37-28)27-14-12-23(36-27)10-6-8-21(18-31)33-4/h5-16,19H,1-2H3/b9-5+,10-6+,20-7-,21-8+. The number of hydrogen-bond acceptors (Lipinski definition) is 5. The van der Waals surface area contributed by atoms with Gasteiger partial charge >= 0.3 is 0 Å². The molecule has 0 saturated heterocycles. The molecular weight excluding hydrogens is 482 g/mol. The van der Waals surface area contributed by atoms with E-state index in [1.807, 2.05) is 36.4 Å². The molecule has 0 radical (unpaired) electrons. The molecule has 0 unspecified atom stereocenters. The average molecular weight is 502 g/mol. The van der Waals surface area contributed by atoms with E-state index in [1.54, 1.807) is 35.6 Å². The van der Waals surface area contributed by atoms with Crippen molar-refractivity contribution in [2.75, 3.05) is 0 Å². The monoisotopic (exact) mass is 501 g/mol. The van der Waals surface area contributed by atoms with Gasteiger partial charge in [-0.05, 0) is 74.5 Å². The van der Waals surface area contributed by atoms with Crippen molar-refractivity contribution in [3.63, 3.8) is 0 Å². The molecule has 0 N–H and O–H groups in total. The highest BCUT2D eigenvalue weighted by Crippen LogP contribution is 2.40. The Hall–Kier alpha value is -5.28. The molecule has 8 heteroatoms. The van der Waals surface area contributed by atoms with Crippen LogP contribution in [-0.2, 0) is 0 Å². The van der Waals surface area contributed by atoms with Crippen LogP contribution in [0.25, 0.3) is 54.2 Å². The van der Waals surface area contributed by atoms with E-state index in [-0.39, 0.29) is 17.4 Å². The zero-order chi connectivity index (χ0) is 26.4. The van der Waals surface area contributed by atoms with Crippen LogP contribution in [0.15, 0.2) is 80.9 Å². The average Bonchev–Trinajstić information content (AvgIpc) is 3.67. The quantitative estimate of drug-likeness (QED) is 0.144. The Morgan fingerprint density at radius 3 is 2.03 bits per heavy atom. The lowest BCUT2D eigenvalue weighted by molar-refractivity contribution is 0.553. The number of rotatable bonds is 7. The SMILES string of the molecule is [C-]#[N+]/C(C#N)=C\C=C\c1ccc(-c2cc3sc(-c4ccc(/C=C/C=C(\C#N)[N+]#[C-])o4)cc3n2C(C)C)o1. The van der Waals surface area contributed by atoms with E-state index < -0.39 is 0 Å². The summed E-state index contributed by atoms with van der Waals surface area (Å²) in [7, 11) is 0. The Morgan fingerprint density at radius 2 is 1.49 bits per heavy atom. The lowest BCUT2D eigenvalue weighted by atomic mass is 10.3. The van der Waals surface area contributed by atoms with Gasteiger partial charge in [0.2, 0.25) is 0 Å². The molecular formula is C29H19N5O2S. The predicted molar refractivity (Wildman–Crippen MR) is 144 cm³/mol. The molecule has 4 heterocycles. The predicted octanol–water partition coefficient (Wildman–Crippen LogP) is 8.48. The summed E-state index contributed by atoms with van der Waals surface area (Å²) in [5.41, 5.74) is 2.06. The van der Waals surface area contributed by atoms with Crippen molar-refractivity contribution in [3.8, 4) is 34.2 Å². The zero-order valence-electron chi connectivity index (χ0n) is 20.0. The molecule has 7 nitrogen and oxygen atoms in total. The van der Waals surface area contributed by atoms with Gasteiger partial charge in [0.25, 0.3) is 11.4 Å². The van der Waals surface area contributed by atoms with Crippen LogP contribution >= 0.6 is 11.3 Å².